The van der Waals surface area contributed by atoms with Crippen molar-refractivity contribution in [2.24, 2.45) is 5.92 Å². The van der Waals surface area contributed by atoms with Gasteiger partial charge in [0, 0.05) is 10.8 Å². The second-order valence-electron chi connectivity index (χ2n) is 6.16. The summed E-state index contributed by atoms with van der Waals surface area (Å²) in [5.41, 5.74) is 0.345. The maximum absolute atomic E-state index is 9.09. The van der Waals surface area contributed by atoms with Crippen LogP contribution in [0.1, 0.15) is 49.5 Å². The number of hydrogen-bond donors (Lipinski definition) is 0. The summed E-state index contributed by atoms with van der Waals surface area (Å²) in [6, 6.07) is 14.0. The van der Waals surface area contributed by atoms with E-state index in [9.17, 15) is 0 Å². The first-order chi connectivity index (χ1) is 10.7. The van der Waals surface area contributed by atoms with E-state index in [1.54, 1.807) is 11.3 Å². The summed E-state index contributed by atoms with van der Waals surface area (Å²) in [6.07, 6.45) is 6.33. The minimum Gasteiger partial charge on any atom is -0.482 e. The Hall–Kier alpha value is -1.79. The highest BCUT2D eigenvalue weighted by Crippen LogP contribution is 2.44. The lowest BCUT2D eigenvalue weighted by Gasteiger charge is -2.39. The van der Waals surface area contributed by atoms with Crippen LogP contribution in [0.5, 0.6) is 5.75 Å². The van der Waals surface area contributed by atoms with Crippen LogP contribution >= 0.6 is 11.3 Å². The molecule has 2 aromatic rings. The van der Waals surface area contributed by atoms with Gasteiger partial charge in [0.1, 0.15) is 11.4 Å². The zero-order valence-corrected chi connectivity index (χ0v) is 13.7. The fraction of sp³-hybridized carbons (Fsp3) is 0.421. The van der Waals surface area contributed by atoms with Gasteiger partial charge in [0.05, 0.1) is 11.6 Å². The van der Waals surface area contributed by atoms with Crippen LogP contribution < -0.4 is 4.74 Å². The van der Waals surface area contributed by atoms with E-state index in [4.69, 9.17) is 10.00 Å². The Bertz CT molecular complexity index is 652. The van der Waals surface area contributed by atoms with E-state index in [2.05, 4.69) is 30.5 Å². The molecule has 0 N–H and O–H groups in total. The van der Waals surface area contributed by atoms with E-state index in [1.165, 1.54) is 37.0 Å². The van der Waals surface area contributed by atoms with Crippen molar-refractivity contribution in [2.75, 3.05) is 0 Å². The first-order valence-electron chi connectivity index (χ1n) is 7.95. The zero-order chi connectivity index (χ0) is 15.4. The van der Waals surface area contributed by atoms with Gasteiger partial charge >= 0.3 is 0 Å². The lowest BCUT2D eigenvalue weighted by molar-refractivity contribution is 0.00696. The van der Waals surface area contributed by atoms with Crippen molar-refractivity contribution in [3.63, 3.8) is 0 Å². The minimum absolute atomic E-state index is 0.303. The van der Waals surface area contributed by atoms with Crippen LogP contribution in [-0.2, 0) is 5.60 Å². The molecule has 0 spiro atoms. The summed E-state index contributed by atoms with van der Waals surface area (Å²) >= 11 is 1.76. The van der Waals surface area contributed by atoms with Gasteiger partial charge in [0.15, 0.2) is 0 Å². The normalized spacial score (nSPS) is 18.4. The molecule has 1 heterocycles. The van der Waals surface area contributed by atoms with E-state index >= 15 is 0 Å². The van der Waals surface area contributed by atoms with Gasteiger partial charge in [-0.3, -0.25) is 0 Å². The van der Waals surface area contributed by atoms with E-state index in [0.717, 1.165) is 5.75 Å². The summed E-state index contributed by atoms with van der Waals surface area (Å²) in [6.45, 7) is 2.22. The van der Waals surface area contributed by atoms with Gasteiger partial charge in [-0.2, -0.15) is 5.26 Å². The van der Waals surface area contributed by atoms with Crippen molar-refractivity contribution in [1.29, 1.82) is 5.26 Å². The average molecular weight is 311 g/mol. The number of thiophene rings is 1. The van der Waals surface area contributed by atoms with E-state index in [0.29, 0.717) is 11.5 Å². The van der Waals surface area contributed by atoms with Crippen molar-refractivity contribution < 1.29 is 4.74 Å². The third-order valence-corrected chi connectivity index (χ3v) is 5.78. The number of nitriles is 1. The molecule has 1 saturated carbocycles. The zero-order valence-electron chi connectivity index (χ0n) is 12.9. The molecule has 1 unspecified atom stereocenters. The van der Waals surface area contributed by atoms with Gasteiger partial charge in [-0.15, -0.1) is 11.3 Å². The number of benzene rings is 1. The summed E-state index contributed by atoms with van der Waals surface area (Å²) in [5.74, 6) is 1.33. The third-order valence-electron chi connectivity index (χ3n) is 4.69. The molecule has 3 rings (SSSR count). The van der Waals surface area contributed by atoms with E-state index in [-0.39, 0.29) is 5.60 Å². The Balaban J connectivity index is 1.93. The van der Waals surface area contributed by atoms with E-state index < -0.39 is 0 Å². The van der Waals surface area contributed by atoms with Crippen molar-refractivity contribution in [1.82, 2.24) is 0 Å². The third kappa shape index (κ3) is 3.03. The molecule has 1 aromatic carbocycles. The molecule has 1 atom stereocenters. The number of ether oxygens (including phenoxy) is 1. The second-order valence-corrected chi connectivity index (χ2v) is 7.11. The minimum atomic E-state index is -0.303. The molecular weight excluding hydrogens is 290 g/mol. The van der Waals surface area contributed by atoms with Crippen LogP contribution in [0.4, 0.5) is 0 Å². The van der Waals surface area contributed by atoms with Crippen LogP contribution in [-0.4, -0.2) is 0 Å². The summed E-state index contributed by atoms with van der Waals surface area (Å²) < 4.78 is 6.49. The predicted octanol–water partition coefficient (Wildman–Crippen LogP) is 5.49. The molecule has 1 aliphatic carbocycles. The molecule has 0 saturated heterocycles. The lowest BCUT2D eigenvalue weighted by atomic mass is 9.77. The fourth-order valence-corrected chi connectivity index (χ4v) is 4.33. The summed E-state index contributed by atoms with van der Waals surface area (Å²) in [4.78, 5) is 1.28. The quantitative estimate of drug-likeness (QED) is 0.747. The molecule has 0 aliphatic heterocycles. The Morgan fingerprint density at radius 2 is 2.00 bits per heavy atom. The van der Waals surface area contributed by atoms with Crippen molar-refractivity contribution in [2.45, 2.75) is 44.6 Å². The molecule has 1 fully saturated rings. The maximum Gasteiger partial charge on any atom is 0.143 e. The average Bonchev–Trinajstić information content (AvgIpc) is 3.11. The molecule has 2 nitrogen and oxygen atoms in total. The van der Waals surface area contributed by atoms with Crippen LogP contribution in [0.15, 0.2) is 41.8 Å². The van der Waals surface area contributed by atoms with Crippen molar-refractivity contribution >= 4 is 11.3 Å². The SMILES string of the molecule is CC(Oc1cccc(C#N)c1)(c1cccs1)C1CCCCC1. The summed E-state index contributed by atoms with van der Waals surface area (Å²) in [5, 5.41) is 11.2. The molecule has 1 aliphatic rings. The standard InChI is InChI=1S/C19H21NOS/c1-19(18-11-6-12-22-18,16-8-3-2-4-9-16)21-17-10-5-7-15(13-17)14-20/h5-7,10-13,16H,2-4,8-9H2,1H3. The van der Waals surface area contributed by atoms with Gasteiger partial charge in [0.2, 0.25) is 0 Å². The highest BCUT2D eigenvalue weighted by atomic mass is 32.1. The highest BCUT2D eigenvalue weighted by Gasteiger charge is 2.39. The molecule has 114 valence electrons. The predicted molar refractivity (Wildman–Crippen MR) is 90.0 cm³/mol. The van der Waals surface area contributed by atoms with Gasteiger partial charge in [0.25, 0.3) is 0 Å². The Labute approximate surface area is 136 Å². The van der Waals surface area contributed by atoms with E-state index in [1.807, 2.05) is 24.3 Å². The second kappa shape index (κ2) is 6.54. The van der Waals surface area contributed by atoms with Crippen LogP contribution in [0.2, 0.25) is 0 Å². The first kappa shape index (κ1) is 15.1. The first-order valence-corrected chi connectivity index (χ1v) is 8.83. The lowest BCUT2D eigenvalue weighted by Crippen LogP contribution is -2.38. The molecule has 3 heteroatoms. The number of rotatable bonds is 4. The monoisotopic (exact) mass is 311 g/mol. The van der Waals surface area contributed by atoms with Gasteiger partial charge in [-0.1, -0.05) is 31.4 Å². The highest BCUT2D eigenvalue weighted by molar-refractivity contribution is 7.10. The molecular formula is C19H21NOS. The van der Waals surface area contributed by atoms with Crippen LogP contribution in [0, 0.1) is 17.2 Å². The number of hydrogen-bond acceptors (Lipinski definition) is 3. The Kier molecular flexibility index (Phi) is 4.49. The molecule has 0 radical (unpaired) electrons. The van der Waals surface area contributed by atoms with Gasteiger partial charge < -0.3 is 4.74 Å². The van der Waals surface area contributed by atoms with Crippen molar-refractivity contribution in [3.8, 4) is 11.8 Å². The molecule has 22 heavy (non-hydrogen) atoms. The van der Waals surface area contributed by atoms with Crippen molar-refractivity contribution in [3.05, 3.63) is 52.2 Å². The number of nitrogens with zero attached hydrogens (tertiary/aromatic N) is 1. The maximum atomic E-state index is 9.09. The van der Waals surface area contributed by atoms with Gasteiger partial charge in [-0.25, -0.2) is 0 Å². The smallest absolute Gasteiger partial charge is 0.143 e. The van der Waals surface area contributed by atoms with Crippen LogP contribution in [0.25, 0.3) is 0 Å². The Morgan fingerprint density at radius 3 is 2.68 bits per heavy atom. The molecule has 1 aromatic heterocycles. The van der Waals surface area contributed by atoms with Gasteiger partial charge in [-0.05, 0) is 49.4 Å². The topological polar surface area (TPSA) is 33.0 Å². The molecule has 0 amide bonds. The molecule has 0 bridgehead atoms. The largest absolute Gasteiger partial charge is 0.482 e. The van der Waals surface area contributed by atoms with Crippen LogP contribution in [0.3, 0.4) is 0 Å². The summed E-state index contributed by atoms with van der Waals surface area (Å²) in [7, 11) is 0. The Morgan fingerprint density at radius 1 is 1.18 bits per heavy atom. The fourth-order valence-electron chi connectivity index (χ4n) is 3.42.